The zero-order valence-electron chi connectivity index (χ0n) is 9.30. The van der Waals surface area contributed by atoms with Crippen LogP contribution < -0.4 is 0 Å². The maximum Gasteiger partial charge on any atom is 0.307 e. The Morgan fingerprint density at radius 1 is 1.24 bits per heavy atom. The molecule has 1 aliphatic rings. The number of carbonyl (C=O) groups is 1. The molecule has 1 saturated carbocycles. The van der Waals surface area contributed by atoms with Gasteiger partial charge in [0.15, 0.2) is 11.6 Å². The van der Waals surface area contributed by atoms with Crippen molar-refractivity contribution in [2.24, 2.45) is 11.3 Å². The molecule has 0 aromatic heterocycles. The minimum Gasteiger partial charge on any atom is -0.481 e. The SMILES string of the molecule is CC1(C)C(C(=O)O)C1c1c(F)ccc(F)c1F. The van der Waals surface area contributed by atoms with Crippen molar-refractivity contribution in [3.05, 3.63) is 35.1 Å². The molecule has 0 bridgehead atoms. The summed E-state index contributed by atoms with van der Waals surface area (Å²) >= 11 is 0. The Labute approximate surface area is 96.1 Å². The minimum absolute atomic E-state index is 0.456. The second-order valence-electron chi connectivity index (χ2n) is 4.87. The van der Waals surface area contributed by atoms with Crippen LogP contribution in [0.2, 0.25) is 0 Å². The van der Waals surface area contributed by atoms with Crippen molar-refractivity contribution in [1.82, 2.24) is 0 Å². The molecule has 0 radical (unpaired) electrons. The number of carboxylic acid groups (broad SMARTS) is 1. The van der Waals surface area contributed by atoms with Crippen molar-refractivity contribution in [2.45, 2.75) is 19.8 Å². The first-order chi connectivity index (χ1) is 7.78. The van der Waals surface area contributed by atoms with Gasteiger partial charge < -0.3 is 5.11 Å². The maximum absolute atomic E-state index is 13.5. The predicted octanol–water partition coefficient (Wildman–Crippen LogP) is 2.93. The van der Waals surface area contributed by atoms with E-state index in [2.05, 4.69) is 0 Å². The molecule has 1 fully saturated rings. The van der Waals surface area contributed by atoms with E-state index in [0.717, 1.165) is 6.07 Å². The van der Waals surface area contributed by atoms with Gasteiger partial charge in [-0.05, 0) is 17.5 Å². The quantitative estimate of drug-likeness (QED) is 0.812. The molecule has 0 heterocycles. The van der Waals surface area contributed by atoms with Crippen molar-refractivity contribution in [2.75, 3.05) is 0 Å². The molecular weight excluding hydrogens is 233 g/mol. The highest BCUT2D eigenvalue weighted by Gasteiger charge is 2.64. The number of hydrogen-bond donors (Lipinski definition) is 1. The fourth-order valence-electron chi connectivity index (χ4n) is 2.47. The van der Waals surface area contributed by atoms with Crippen molar-refractivity contribution in [3.63, 3.8) is 0 Å². The topological polar surface area (TPSA) is 37.3 Å². The summed E-state index contributed by atoms with van der Waals surface area (Å²) in [7, 11) is 0. The standard InChI is InChI=1S/C12H11F3O2/c1-12(2)8(9(12)11(16)17)7-5(13)3-4-6(14)10(7)15/h3-4,8-9H,1-2H3,(H,16,17). The first-order valence-corrected chi connectivity index (χ1v) is 5.14. The van der Waals surface area contributed by atoms with Gasteiger partial charge in [-0.3, -0.25) is 4.79 Å². The Kier molecular flexibility index (Phi) is 2.45. The summed E-state index contributed by atoms with van der Waals surface area (Å²) in [6.45, 7) is 3.19. The lowest BCUT2D eigenvalue weighted by atomic mass is 10.0. The molecule has 1 aliphatic carbocycles. The molecular formula is C12H11F3O2. The molecule has 2 atom stereocenters. The van der Waals surface area contributed by atoms with E-state index in [4.69, 9.17) is 5.11 Å². The van der Waals surface area contributed by atoms with Crippen molar-refractivity contribution in [1.29, 1.82) is 0 Å². The largest absolute Gasteiger partial charge is 0.481 e. The normalized spacial score (nSPS) is 25.7. The lowest BCUT2D eigenvalue weighted by Crippen LogP contribution is -2.03. The lowest BCUT2D eigenvalue weighted by molar-refractivity contribution is -0.139. The average molecular weight is 244 g/mol. The van der Waals surface area contributed by atoms with Crippen LogP contribution in [0.4, 0.5) is 13.2 Å². The molecule has 92 valence electrons. The van der Waals surface area contributed by atoms with Crippen molar-refractivity contribution < 1.29 is 23.1 Å². The zero-order valence-corrected chi connectivity index (χ0v) is 9.30. The smallest absolute Gasteiger partial charge is 0.307 e. The van der Waals surface area contributed by atoms with E-state index >= 15 is 0 Å². The van der Waals surface area contributed by atoms with E-state index in [-0.39, 0.29) is 0 Å². The van der Waals surface area contributed by atoms with Crippen LogP contribution in [0.1, 0.15) is 25.3 Å². The van der Waals surface area contributed by atoms with Crippen LogP contribution in [0.25, 0.3) is 0 Å². The first kappa shape index (κ1) is 12.0. The van der Waals surface area contributed by atoms with Crippen molar-refractivity contribution >= 4 is 5.97 Å². The number of hydrogen-bond acceptors (Lipinski definition) is 1. The third-order valence-corrected chi connectivity index (χ3v) is 3.48. The van der Waals surface area contributed by atoms with Gasteiger partial charge in [0.05, 0.1) is 5.92 Å². The van der Waals surface area contributed by atoms with Gasteiger partial charge in [0.2, 0.25) is 0 Å². The molecule has 0 amide bonds. The first-order valence-electron chi connectivity index (χ1n) is 5.14. The fraction of sp³-hybridized carbons (Fsp3) is 0.417. The molecule has 2 nitrogen and oxygen atoms in total. The Hall–Kier alpha value is -1.52. The molecule has 0 saturated heterocycles. The van der Waals surface area contributed by atoms with E-state index in [1.807, 2.05) is 0 Å². The van der Waals surface area contributed by atoms with E-state index < -0.39 is 46.2 Å². The second-order valence-corrected chi connectivity index (χ2v) is 4.87. The summed E-state index contributed by atoms with van der Waals surface area (Å²) < 4.78 is 40.1. The monoisotopic (exact) mass is 244 g/mol. The van der Waals surface area contributed by atoms with Gasteiger partial charge in [0.25, 0.3) is 0 Å². The van der Waals surface area contributed by atoms with Crippen LogP contribution in [0.3, 0.4) is 0 Å². The summed E-state index contributed by atoms with van der Waals surface area (Å²) in [6, 6.07) is 1.51. The van der Waals surface area contributed by atoms with Crippen LogP contribution in [0.15, 0.2) is 12.1 Å². The molecule has 0 spiro atoms. The van der Waals surface area contributed by atoms with Crippen LogP contribution >= 0.6 is 0 Å². The van der Waals surface area contributed by atoms with Gasteiger partial charge in [-0.1, -0.05) is 13.8 Å². The third-order valence-electron chi connectivity index (χ3n) is 3.48. The molecule has 2 rings (SSSR count). The maximum atomic E-state index is 13.5. The molecule has 2 unspecified atom stereocenters. The summed E-state index contributed by atoms with van der Waals surface area (Å²) in [5, 5.41) is 8.93. The number of benzene rings is 1. The number of aliphatic carboxylic acids is 1. The van der Waals surface area contributed by atoms with Crippen LogP contribution in [0.5, 0.6) is 0 Å². The van der Waals surface area contributed by atoms with Crippen LogP contribution in [0, 0.1) is 28.8 Å². The van der Waals surface area contributed by atoms with E-state index in [0.29, 0.717) is 6.07 Å². The van der Waals surface area contributed by atoms with Crippen LogP contribution in [-0.2, 0) is 4.79 Å². The Bertz CT molecular complexity index is 497. The highest BCUT2D eigenvalue weighted by molar-refractivity contribution is 5.77. The number of halogens is 3. The van der Waals surface area contributed by atoms with Gasteiger partial charge >= 0.3 is 5.97 Å². The molecule has 0 aliphatic heterocycles. The number of rotatable bonds is 2. The Balaban J connectivity index is 2.51. The summed E-state index contributed by atoms with van der Waals surface area (Å²) in [5.41, 5.74) is -1.22. The van der Waals surface area contributed by atoms with Gasteiger partial charge in [0, 0.05) is 11.5 Å². The van der Waals surface area contributed by atoms with Gasteiger partial charge in [-0.2, -0.15) is 0 Å². The van der Waals surface area contributed by atoms with E-state index in [1.54, 1.807) is 13.8 Å². The van der Waals surface area contributed by atoms with Crippen LogP contribution in [-0.4, -0.2) is 11.1 Å². The van der Waals surface area contributed by atoms with Crippen molar-refractivity contribution in [3.8, 4) is 0 Å². The van der Waals surface area contributed by atoms with Gasteiger partial charge in [-0.15, -0.1) is 0 Å². The Morgan fingerprint density at radius 3 is 2.24 bits per heavy atom. The van der Waals surface area contributed by atoms with E-state index in [1.165, 1.54) is 0 Å². The molecule has 17 heavy (non-hydrogen) atoms. The average Bonchev–Trinajstić information content (AvgIpc) is 2.76. The lowest BCUT2D eigenvalue weighted by Gasteiger charge is -2.06. The molecule has 1 aromatic rings. The highest BCUT2D eigenvalue weighted by atomic mass is 19.2. The predicted molar refractivity (Wildman–Crippen MR) is 54.0 cm³/mol. The number of carboxylic acids is 1. The summed E-state index contributed by atoms with van der Waals surface area (Å²) in [4.78, 5) is 10.9. The van der Waals surface area contributed by atoms with E-state index in [9.17, 15) is 18.0 Å². The zero-order chi connectivity index (χ0) is 13.0. The van der Waals surface area contributed by atoms with Gasteiger partial charge in [0.1, 0.15) is 5.82 Å². The summed E-state index contributed by atoms with van der Waals surface area (Å²) in [6.07, 6.45) is 0. The van der Waals surface area contributed by atoms with Gasteiger partial charge in [-0.25, -0.2) is 13.2 Å². The third kappa shape index (κ3) is 1.61. The highest BCUT2D eigenvalue weighted by Crippen LogP contribution is 2.65. The second kappa shape index (κ2) is 3.48. The molecule has 5 heteroatoms. The summed E-state index contributed by atoms with van der Waals surface area (Å²) in [5.74, 6) is -6.17. The minimum atomic E-state index is -1.29. The molecule has 1 N–H and O–H groups in total. The molecule has 1 aromatic carbocycles. The Morgan fingerprint density at radius 2 is 1.76 bits per heavy atom. The fourth-order valence-corrected chi connectivity index (χ4v) is 2.47.